The van der Waals surface area contributed by atoms with Crippen LogP contribution in [0.25, 0.3) is 0 Å². The monoisotopic (exact) mass is 350 g/mol. The lowest BCUT2D eigenvalue weighted by Gasteiger charge is -2.27. The normalized spacial score (nSPS) is 17.3. The van der Waals surface area contributed by atoms with Gasteiger partial charge in [0.25, 0.3) is 5.91 Å². The fraction of sp³-hybridized carbons (Fsp3) is 0.286. The zero-order valence-electron chi connectivity index (χ0n) is 15.1. The number of aryl methyl sites for hydroxylation is 1. The number of amides is 1. The standard InChI is InChI=1S/C21H22N2O3/c1-13(2)19(24)17-18(16-8-4-6-14(3)10-16)23(21(26)20(17)25)12-15-7-5-9-22-11-15/h4-11,13,18,25H,12H2,1-3H3. The van der Waals surface area contributed by atoms with Crippen molar-refractivity contribution in [3.05, 3.63) is 76.8 Å². The van der Waals surface area contributed by atoms with Gasteiger partial charge in [0, 0.05) is 24.9 Å². The summed E-state index contributed by atoms with van der Waals surface area (Å²) < 4.78 is 0. The molecular formula is C21H22N2O3. The summed E-state index contributed by atoms with van der Waals surface area (Å²) in [4.78, 5) is 31.1. The van der Waals surface area contributed by atoms with Crippen molar-refractivity contribution in [2.75, 3.05) is 0 Å². The van der Waals surface area contributed by atoms with Crippen molar-refractivity contribution >= 4 is 11.7 Å². The zero-order chi connectivity index (χ0) is 18.8. The van der Waals surface area contributed by atoms with E-state index in [1.807, 2.05) is 37.3 Å². The molecule has 0 saturated carbocycles. The highest BCUT2D eigenvalue weighted by molar-refractivity contribution is 6.09. The molecule has 5 heteroatoms. The second kappa shape index (κ2) is 7.12. The van der Waals surface area contributed by atoms with E-state index in [1.165, 1.54) is 4.90 Å². The van der Waals surface area contributed by atoms with Gasteiger partial charge in [-0.3, -0.25) is 14.6 Å². The number of aliphatic hydroxyl groups is 1. The highest BCUT2D eigenvalue weighted by Gasteiger charge is 2.43. The predicted molar refractivity (Wildman–Crippen MR) is 98.2 cm³/mol. The summed E-state index contributed by atoms with van der Waals surface area (Å²) in [5.74, 6) is -1.50. The van der Waals surface area contributed by atoms with Crippen LogP contribution in [-0.2, 0) is 16.1 Å². The van der Waals surface area contributed by atoms with Crippen LogP contribution in [0.5, 0.6) is 0 Å². The average molecular weight is 350 g/mol. The molecule has 134 valence electrons. The molecule has 0 aliphatic carbocycles. The molecule has 1 amide bonds. The van der Waals surface area contributed by atoms with Gasteiger partial charge in [-0.1, -0.05) is 49.7 Å². The molecule has 2 aromatic rings. The number of Topliss-reactive ketones (excluding diaryl/α,β-unsaturated/α-hetero) is 1. The molecule has 1 N–H and O–H groups in total. The van der Waals surface area contributed by atoms with Gasteiger partial charge in [-0.25, -0.2) is 0 Å². The summed E-state index contributed by atoms with van der Waals surface area (Å²) in [6.45, 7) is 5.76. The van der Waals surface area contributed by atoms with Crippen molar-refractivity contribution in [3.8, 4) is 0 Å². The van der Waals surface area contributed by atoms with Gasteiger partial charge in [-0.15, -0.1) is 0 Å². The lowest BCUT2D eigenvalue weighted by molar-refractivity contribution is -0.130. The maximum atomic E-state index is 12.8. The van der Waals surface area contributed by atoms with Crippen molar-refractivity contribution in [2.45, 2.75) is 33.4 Å². The summed E-state index contributed by atoms with van der Waals surface area (Å²) >= 11 is 0. The molecule has 1 aliphatic rings. The van der Waals surface area contributed by atoms with Crippen LogP contribution in [0.15, 0.2) is 60.1 Å². The van der Waals surface area contributed by atoms with Crippen LogP contribution in [0, 0.1) is 12.8 Å². The molecule has 0 saturated heterocycles. The van der Waals surface area contributed by atoms with Gasteiger partial charge in [0.15, 0.2) is 11.5 Å². The minimum absolute atomic E-state index is 0.180. The Balaban J connectivity index is 2.09. The number of benzene rings is 1. The quantitative estimate of drug-likeness (QED) is 0.896. The molecule has 2 heterocycles. The van der Waals surface area contributed by atoms with E-state index >= 15 is 0 Å². The molecule has 1 unspecified atom stereocenters. The van der Waals surface area contributed by atoms with Gasteiger partial charge in [0.2, 0.25) is 0 Å². The van der Waals surface area contributed by atoms with Crippen LogP contribution < -0.4 is 0 Å². The number of aromatic nitrogens is 1. The predicted octanol–water partition coefficient (Wildman–Crippen LogP) is 3.51. The van der Waals surface area contributed by atoms with E-state index in [-0.39, 0.29) is 23.8 Å². The number of aliphatic hydroxyl groups excluding tert-OH is 1. The Bertz CT molecular complexity index is 872. The third-order valence-corrected chi connectivity index (χ3v) is 4.53. The fourth-order valence-electron chi connectivity index (χ4n) is 3.25. The van der Waals surface area contributed by atoms with Gasteiger partial charge in [-0.2, -0.15) is 0 Å². The molecule has 0 spiro atoms. The SMILES string of the molecule is Cc1cccc(C2C(C(=O)C(C)C)=C(O)C(=O)N2Cc2cccnc2)c1. The number of rotatable bonds is 5. The maximum absolute atomic E-state index is 12.8. The Morgan fingerprint density at radius 3 is 2.65 bits per heavy atom. The third-order valence-electron chi connectivity index (χ3n) is 4.53. The number of carbonyl (C=O) groups is 2. The minimum atomic E-state index is -0.600. The summed E-state index contributed by atoms with van der Waals surface area (Å²) in [7, 11) is 0. The summed E-state index contributed by atoms with van der Waals surface area (Å²) in [6, 6.07) is 10.7. The summed E-state index contributed by atoms with van der Waals surface area (Å²) in [5.41, 5.74) is 2.86. The first kappa shape index (κ1) is 17.9. The van der Waals surface area contributed by atoms with E-state index in [9.17, 15) is 14.7 Å². The number of ketones is 1. The lowest BCUT2D eigenvalue weighted by Crippen LogP contribution is -2.31. The molecular weight excluding hydrogens is 328 g/mol. The Hall–Kier alpha value is -2.95. The van der Waals surface area contributed by atoms with Crippen molar-refractivity contribution in [1.29, 1.82) is 0 Å². The Labute approximate surface area is 153 Å². The van der Waals surface area contributed by atoms with Crippen LogP contribution in [0.3, 0.4) is 0 Å². The van der Waals surface area contributed by atoms with Crippen LogP contribution in [-0.4, -0.2) is 26.7 Å². The van der Waals surface area contributed by atoms with Crippen LogP contribution in [0.2, 0.25) is 0 Å². The molecule has 5 nitrogen and oxygen atoms in total. The number of hydrogen-bond acceptors (Lipinski definition) is 4. The van der Waals surface area contributed by atoms with Crippen molar-refractivity contribution in [1.82, 2.24) is 9.88 Å². The second-order valence-corrected chi connectivity index (χ2v) is 6.89. The summed E-state index contributed by atoms with van der Waals surface area (Å²) in [5, 5.41) is 10.5. The Morgan fingerprint density at radius 1 is 1.27 bits per heavy atom. The number of nitrogens with zero attached hydrogens (tertiary/aromatic N) is 2. The van der Waals surface area contributed by atoms with E-state index in [0.717, 1.165) is 16.7 Å². The number of hydrogen-bond donors (Lipinski definition) is 1. The van der Waals surface area contributed by atoms with E-state index < -0.39 is 17.7 Å². The molecule has 1 aromatic heterocycles. The molecule has 1 atom stereocenters. The van der Waals surface area contributed by atoms with E-state index in [2.05, 4.69) is 4.98 Å². The second-order valence-electron chi connectivity index (χ2n) is 6.89. The van der Waals surface area contributed by atoms with Gasteiger partial charge in [-0.05, 0) is 24.1 Å². The van der Waals surface area contributed by atoms with Gasteiger partial charge >= 0.3 is 0 Å². The van der Waals surface area contributed by atoms with Gasteiger partial charge in [0.05, 0.1) is 11.6 Å². The van der Waals surface area contributed by atoms with Crippen LogP contribution >= 0.6 is 0 Å². The smallest absolute Gasteiger partial charge is 0.290 e. The topological polar surface area (TPSA) is 70.5 Å². The Morgan fingerprint density at radius 2 is 2.04 bits per heavy atom. The first-order valence-corrected chi connectivity index (χ1v) is 8.64. The summed E-state index contributed by atoms with van der Waals surface area (Å²) in [6.07, 6.45) is 3.34. The van der Waals surface area contributed by atoms with E-state index in [4.69, 9.17) is 0 Å². The van der Waals surface area contributed by atoms with E-state index in [0.29, 0.717) is 0 Å². The minimum Gasteiger partial charge on any atom is -0.503 e. The highest BCUT2D eigenvalue weighted by Crippen LogP contribution is 2.39. The zero-order valence-corrected chi connectivity index (χ0v) is 15.1. The average Bonchev–Trinajstić information content (AvgIpc) is 2.87. The lowest BCUT2D eigenvalue weighted by atomic mass is 9.90. The molecule has 1 aromatic carbocycles. The largest absolute Gasteiger partial charge is 0.503 e. The molecule has 26 heavy (non-hydrogen) atoms. The third kappa shape index (κ3) is 3.25. The highest BCUT2D eigenvalue weighted by atomic mass is 16.3. The van der Waals surface area contributed by atoms with Crippen molar-refractivity contribution in [3.63, 3.8) is 0 Å². The van der Waals surface area contributed by atoms with Crippen molar-refractivity contribution in [2.24, 2.45) is 5.92 Å². The molecule has 0 bridgehead atoms. The molecule has 0 radical (unpaired) electrons. The Kier molecular flexibility index (Phi) is 4.89. The first-order chi connectivity index (χ1) is 12.4. The molecule has 3 rings (SSSR count). The van der Waals surface area contributed by atoms with Crippen molar-refractivity contribution < 1.29 is 14.7 Å². The van der Waals surface area contributed by atoms with Gasteiger partial charge in [0.1, 0.15) is 0 Å². The maximum Gasteiger partial charge on any atom is 0.290 e. The molecule has 0 fully saturated rings. The first-order valence-electron chi connectivity index (χ1n) is 8.64. The van der Waals surface area contributed by atoms with E-state index in [1.54, 1.807) is 32.3 Å². The van der Waals surface area contributed by atoms with Crippen LogP contribution in [0.1, 0.15) is 36.6 Å². The van der Waals surface area contributed by atoms with Gasteiger partial charge < -0.3 is 10.0 Å². The fourth-order valence-corrected chi connectivity index (χ4v) is 3.25. The van der Waals surface area contributed by atoms with Crippen LogP contribution in [0.4, 0.5) is 0 Å². The number of pyridine rings is 1. The molecule has 1 aliphatic heterocycles. The number of carbonyl (C=O) groups excluding carboxylic acids is 2.